The van der Waals surface area contributed by atoms with Crippen LogP contribution in [0.2, 0.25) is 0 Å². The molecule has 0 aliphatic rings. The first kappa shape index (κ1) is 18.2. The largest absolute Gasteiger partial charge is 0.497 e. The summed E-state index contributed by atoms with van der Waals surface area (Å²) in [6.45, 7) is 1.86. The molecule has 0 fully saturated rings. The van der Waals surface area contributed by atoms with Gasteiger partial charge in [-0.25, -0.2) is 17.5 Å². The molecule has 1 N–H and O–H groups in total. The molecule has 2 rings (SSSR count). The van der Waals surface area contributed by atoms with Gasteiger partial charge in [-0.3, -0.25) is 0 Å². The Hall–Kier alpha value is -2.12. The SMILES string of the molecule is CCC(NS(=O)(=O)c1cc(F)ccc1OC)c1ccc(OC)cc1. The van der Waals surface area contributed by atoms with Crippen molar-refractivity contribution in [2.75, 3.05) is 14.2 Å². The van der Waals surface area contributed by atoms with Crippen molar-refractivity contribution in [3.63, 3.8) is 0 Å². The molecule has 1 atom stereocenters. The van der Waals surface area contributed by atoms with Crippen LogP contribution in [0.15, 0.2) is 47.4 Å². The molecule has 0 amide bonds. The van der Waals surface area contributed by atoms with Gasteiger partial charge >= 0.3 is 0 Å². The molecule has 0 saturated heterocycles. The highest BCUT2D eigenvalue weighted by atomic mass is 32.2. The summed E-state index contributed by atoms with van der Waals surface area (Å²) < 4.78 is 51.5. The van der Waals surface area contributed by atoms with E-state index in [1.165, 1.54) is 13.2 Å². The number of nitrogens with one attached hydrogen (secondary N) is 1. The molecule has 2 aromatic carbocycles. The van der Waals surface area contributed by atoms with Crippen LogP contribution in [-0.2, 0) is 10.0 Å². The lowest BCUT2D eigenvalue weighted by molar-refractivity contribution is 0.400. The third kappa shape index (κ3) is 4.04. The lowest BCUT2D eigenvalue weighted by Crippen LogP contribution is -2.28. The number of methoxy groups -OCH3 is 2. The molecule has 7 heteroatoms. The fraction of sp³-hybridized carbons (Fsp3) is 0.294. The molecule has 0 aliphatic heterocycles. The van der Waals surface area contributed by atoms with Crippen LogP contribution < -0.4 is 14.2 Å². The van der Waals surface area contributed by atoms with E-state index in [-0.39, 0.29) is 10.6 Å². The minimum atomic E-state index is -3.95. The molecule has 0 aromatic heterocycles. The molecular formula is C17H20FNO4S. The van der Waals surface area contributed by atoms with Crippen molar-refractivity contribution < 1.29 is 22.3 Å². The average Bonchev–Trinajstić information content (AvgIpc) is 2.59. The summed E-state index contributed by atoms with van der Waals surface area (Å²) in [6, 6.07) is 10.0. The number of sulfonamides is 1. The summed E-state index contributed by atoms with van der Waals surface area (Å²) in [5.41, 5.74) is 0.789. The monoisotopic (exact) mass is 353 g/mol. The summed E-state index contributed by atoms with van der Waals surface area (Å²) in [7, 11) is -1.05. The quantitative estimate of drug-likeness (QED) is 0.830. The van der Waals surface area contributed by atoms with Gasteiger partial charge in [-0.1, -0.05) is 19.1 Å². The number of hydrogen-bond acceptors (Lipinski definition) is 4. The maximum absolute atomic E-state index is 13.5. The van der Waals surface area contributed by atoms with Gasteiger partial charge < -0.3 is 9.47 Å². The van der Waals surface area contributed by atoms with Gasteiger partial charge in [0.25, 0.3) is 0 Å². The smallest absolute Gasteiger partial charge is 0.244 e. The van der Waals surface area contributed by atoms with Crippen molar-refractivity contribution in [2.45, 2.75) is 24.3 Å². The van der Waals surface area contributed by atoms with Crippen LogP contribution in [0.3, 0.4) is 0 Å². The van der Waals surface area contributed by atoms with Gasteiger partial charge in [0.1, 0.15) is 22.2 Å². The summed E-state index contributed by atoms with van der Waals surface area (Å²) in [5, 5.41) is 0. The average molecular weight is 353 g/mol. The highest BCUT2D eigenvalue weighted by molar-refractivity contribution is 7.89. The second-order valence-electron chi connectivity index (χ2n) is 5.15. The van der Waals surface area contributed by atoms with Crippen LogP contribution in [-0.4, -0.2) is 22.6 Å². The van der Waals surface area contributed by atoms with Crippen LogP contribution in [0.25, 0.3) is 0 Å². The minimum Gasteiger partial charge on any atom is -0.497 e. The third-order valence-electron chi connectivity index (χ3n) is 3.64. The molecule has 0 saturated carbocycles. The Morgan fingerprint density at radius 3 is 2.29 bits per heavy atom. The van der Waals surface area contributed by atoms with E-state index in [1.807, 2.05) is 6.92 Å². The normalized spacial score (nSPS) is 12.7. The molecule has 130 valence electrons. The summed E-state index contributed by atoms with van der Waals surface area (Å²) in [4.78, 5) is -0.225. The van der Waals surface area contributed by atoms with Gasteiger partial charge in [0.05, 0.1) is 14.2 Å². The van der Waals surface area contributed by atoms with Gasteiger partial charge in [-0.05, 0) is 42.3 Å². The zero-order valence-electron chi connectivity index (χ0n) is 13.7. The van der Waals surface area contributed by atoms with E-state index in [0.29, 0.717) is 12.2 Å². The van der Waals surface area contributed by atoms with E-state index in [4.69, 9.17) is 9.47 Å². The van der Waals surface area contributed by atoms with Crippen molar-refractivity contribution in [3.8, 4) is 11.5 Å². The van der Waals surface area contributed by atoms with E-state index in [9.17, 15) is 12.8 Å². The fourth-order valence-electron chi connectivity index (χ4n) is 2.33. The summed E-state index contributed by atoms with van der Waals surface area (Å²) in [6.07, 6.45) is 0.531. The number of halogens is 1. The van der Waals surface area contributed by atoms with Crippen LogP contribution in [0.1, 0.15) is 24.9 Å². The first-order chi connectivity index (χ1) is 11.4. The Kier molecular flexibility index (Phi) is 5.80. The molecule has 0 spiro atoms. The first-order valence-electron chi connectivity index (χ1n) is 7.41. The van der Waals surface area contributed by atoms with E-state index in [2.05, 4.69) is 4.72 Å². The van der Waals surface area contributed by atoms with Crippen molar-refractivity contribution in [3.05, 3.63) is 53.8 Å². The van der Waals surface area contributed by atoms with Gasteiger partial charge in [0, 0.05) is 6.04 Å². The number of hydrogen-bond donors (Lipinski definition) is 1. The predicted octanol–water partition coefficient (Wildman–Crippen LogP) is 3.27. The maximum Gasteiger partial charge on any atom is 0.244 e. The van der Waals surface area contributed by atoms with E-state index >= 15 is 0 Å². The van der Waals surface area contributed by atoms with Crippen LogP contribution in [0.4, 0.5) is 4.39 Å². The summed E-state index contributed by atoms with van der Waals surface area (Å²) in [5.74, 6) is 0.130. The predicted molar refractivity (Wildman–Crippen MR) is 89.3 cm³/mol. The van der Waals surface area contributed by atoms with Crippen LogP contribution >= 0.6 is 0 Å². The van der Waals surface area contributed by atoms with Crippen molar-refractivity contribution in [2.24, 2.45) is 0 Å². The van der Waals surface area contributed by atoms with Crippen LogP contribution in [0.5, 0.6) is 11.5 Å². The van der Waals surface area contributed by atoms with Gasteiger partial charge in [0.15, 0.2) is 0 Å². The standard InChI is InChI=1S/C17H20FNO4S/c1-4-15(12-5-8-14(22-2)9-6-12)19-24(20,21)17-11-13(18)7-10-16(17)23-3/h5-11,15,19H,4H2,1-3H3. The van der Waals surface area contributed by atoms with E-state index < -0.39 is 21.9 Å². The lowest BCUT2D eigenvalue weighted by atomic mass is 10.1. The highest BCUT2D eigenvalue weighted by Crippen LogP contribution is 2.27. The molecular weight excluding hydrogens is 333 g/mol. The highest BCUT2D eigenvalue weighted by Gasteiger charge is 2.24. The molecule has 0 aliphatic carbocycles. The molecule has 0 bridgehead atoms. The zero-order valence-corrected chi connectivity index (χ0v) is 14.6. The Morgan fingerprint density at radius 2 is 1.75 bits per heavy atom. The second kappa shape index (κ2) is 7.63. The summed E-state index contributed by atoms with van der Waals surface area (Å²) >= 11 is 0. The topological polar surface area (TPSA) is 64.6 Å². The van der Waals surface area contributed by atoms with Crippen LogP contribution in [0, 0.1) is 5.82 Å². The Bertz CT molecular complexity index is 791. The number of rotatable bonds is 7. The second-order valence-corrected chi connectivity index (χ2v) is 6.83. The van der Waals surface area contributed by atoms with Gasteiger partial charge in [-0.2, -0.15) is 0 Å². The van der Waals surface area contributed by atoms with E-state index in [0.717, 1.165) is 17.7 Å². The Labute approximate surface area is 141 Å². The molecule has 24 heavy (non-hydrogen) atoms. The Balaban J connectivity index is 2.33. The fourth-order valence-corrected chi connectivity index (χ4v) is 3.82. The van der Waals surface area contributed by atoms with Crippen molar-refractivity contribution in [1.29, 1.82) is 0 Å². The third-order valence-corrected chi connectivity index (χ3v) is 5.13. The lowest BCUT2D eigenvalue weighted by Gasteiger charge is -2.19. The van der Waals surface area contributed by atoms with Crippen molar-refractivity contribution >= 4 is 10.0 Å². The minimum absolute atomic E-state index is 0.0912. The van der Waals surface area contributed by atoms with Gasteiger partial charge in [-0.15, -0.1) is 0 Å². The van der Waals surface area contributed by atoms with E-state index in [1.54, 1.807) is 31.4 Å². The molecule has 0 heterocycles. The van der Waals surface area contributed by atoms with Crippen molar-refractivity contribution in [1.82, 2.24) is 4.72 Å². The molecule has 1 unspecified atom stereocenters. The number of benzene rings is 2. The zero-order chi connectivity index (χ0) is 17.7. The molecule has 2 aromatic rings. The maximum atomic E-state index is 13.5. The molecule has 0 radical (unpaired) electrons. The Morgan fingerprint density at radius 1 is 1.08 bits per heavy atom. The molecule has 5 nitrogen and oxygen atoms in total. The van der Waals surface area contributed by atoms with Gasteiger partial charge in [0.2, 0.25) is 10.0 Å². The first-order valence-corrected chi connectivity index (χ1v) is 8.89. The number of ether oxygens (including phenoxy) is 2.